The molecule has 0 unspecified atom stereocenters. The molecular weight excluding hydrogens is 291 g/mol. The first-order valence-electron chi connectivity index (χ1n) is 7.12. The van der Waals surface area contributed by atoms with E-state index >= 15 is 0 Å². The van der Waals surface area contributed by atoms with Gasteiger partial charge in [-0.05, 0) is 31.9 Å². The van der Waals surface area contributed by atoms with E-state index in [0.717, 1.165) is 0 Å². The van der Waals surface area contributed by atoms with Crippen molar-refractivity contribution in [3.8, 4) is 5.75 Å². The second kappa shape index (κ2) is 6.31. The topological polar surface area (TPSA) is 92.9 Å². The van der Waals surface area contributed by atoms with Crippen LogP contribution in [-0.2, 0) is 4.79 Å². The fourth-order valence-corrected chi connectivity index (χ4v) is 2.55. The molecule has 6 nitrogen and oxygen atoms in total. The molecule has 0 aromatic heterocycles. The molecule has 1 aromatic rings. The number of rotatable bonds is 4. The maximum atomic E-state index is 13.8. The van der Waals surface area contributed by atoms with Crippen molar-refractivity contribution in [3.05, 3.63) is 29.6 Å². The molecule has 0 aliphatic carbocycles. The third-order valence-electron chi connectivity index (χ3n) is 3.70. The molecule has 1 atom stereocenters. The number of likely N-dealkylation sites (tertiary alicyclic amines) is 1. The SMILES string of the molecule is CCOc1c(F)cccc1C(=O)N1CCC[C@](O)(C(N)=O)C1. The zero-order valence-electron chi connectivity index (χ0n) is 12.3. The van der Waals surface area contributed by atoms with Crippen molar-refractivity contribution in [3.63, 3.8) is 0 Å². The highest BCUT2D eigenvalue weighted by Gasteiger charge is 2.40. The molecule has 1 heterocycles. The number of halogens is 1. The molecule has 22 heavy (non-hydrogen) atoms. The Balaban J connectivity index is 2.28. The Morgan fingerprint density at radius 3 is 2.86 bits per heavy atom. The van der Waals surface area contributed by atoms with Gasteiger partial charge < -0.3 is 20.5 Å². The van der Waals surface area contributed by atoms with E-state index in [1.165, 1.54) is 23.1 Å². The highest BCUT2D eigenvalue weighted by atomic mass is 19.1. The number of hydrogen-bond acceptors (Lipinski definition) is 4. The maximum Gasteiger partial charge on any atom is 0.257 e. The average Bonchev–Trinajstić information content (AvgIpc) is 2.48. The lowest BCUT2D eigenvalue weighted by Crippen LogP contribution is -2.57. The molecule has 2 rings (SSSR count). The Labute approximate surface area is 127 Å². The van der Waals surface area contributed by atoms with Gasteiger partial charge in [0.1, 0.15) is 0 Å². The molecule has 7 heteroatoms. The van der Waals surface area contributed by atoms with E-state index in [1.807, 2.05) is 0 Å². The van der Waals surface area contributed by atoms with Crippen LogP contribution in [0.1, 0.15) is 30.1 Å². The van der Waals surface area contributed by atoms with Gasteiger partial charge in [0.2, 0.25) is 0 Å². The van der Waals surface area contributed by atoms with Gasteiger partial charge >= 0.3 is 0 Å². The molecule has 0 radical (unpaired) electrons. The van der Waals surface area contributed by atoms with Crippen molar-refractivity contribution in [1.82, 2.24) is 4.90 Å². The second-order valence-corrected chi connectivity index (χ2v) is 5.28. The number of piperidine rings is 1. The summed E-state index contributed by atoms with van der Waals surface area (Å²) in [7, 11) is 0. The van der Waals surface area contributed by atoms with Gasteiger partial charge in [-0.25, -0.2) is 4.39 Å². The quantitative estimate of drug-likeness (QED) is 0.855. The number of β-amino-alcohol motifs (C(OH)–C–C–N with tert-alkyl or cyclic N) is 1. The molecule has 2 amide bonds. The standard InChI is InChI=1S/C15H19FN2O4/c1-2-22-12-10(5-3-6-11(12)16)13(19)18-8-4-7-15(21,9-18)14(17)20/h3,5-6,21H,2,4,7-9H2,1H3,(H2,17,20)/t15-/m1/s1. The minimum absolute atomic E-state index is 0.0653. The van der Waals surface area contributed by atoms with E-state index in [-0.39, 0.29) is 30.9 Å². The summed E-state index contributed by atoms with van der Waals surface area (Å²) in [6, 6.07) is 4.07. The second-order valence-electron chi connectivity index (χ2n) is 5.28. The fraction of sp³-hybridized carbons (Fsp3) is 0.467. The first-order valence-corrected chi connectivity index (χ1v) is 7.12. The highest BCUT2D eigenvalue weighted by Crippen LogP contribution is 2.27. The summed E-state index contributed by atoms with van der Waals surface area (Å²) in [5, 5.41) is 10.2. The number of nitrogens with zero attached hydrogens (tertiary/aromatic N) is 1. The van der Waals surface area contributed by atoms with E-state index in [1.54, 1.807) is 6.92 Å². The molecule has 0 saturated carbocycles. The Hall–Kier alpha value is -2.15. The number of primary amides is 1. The van der Waals surface area contributed by atoms with Crippen LogP contribution < -0.4 is 10.5 Å². The molecule has 1 aliphatic rings. The predicted molar refractivity (Wildman–Crippen MR) is 76.9 cm³/mol. The fourth-order valence-electron chi connectivity index (χ4n) is 2.55. The number of ether oxygens (including phenoxy) is 1. The number of para-hydroxylation sites is 1. The van der Waals surface area contributed by atoms with Crippen molar-refractivity contribution in [2.75, 3.05) is 19.7 Å². The molecule has 1 saturated heterocycles. The number of aliphatic hydroxyl groups is 1. The number of carbonyl (C=O) groups is 2. The summed E-state index contributed by atoms with van der Waals surface area (Å²) in [5.41, 5.74) is 3.51. The molecule has 0 bridgehead atoms. The number of benzene rings is 1. The molecule has 1 fully saturated rings. The Bertz CT molecular complexity index is 593. The van der Waals surface area contributed by atoms with Gasteiger partial charge in [0.25, 0.3) is 11.8 Å². The summed E-state index contributed by atoms with van der Waals surface area (Å²) < 4.78 is 19.0. The molecule has 120 valence electrons. The summed E-state index contributed by atoms with van der Waals surface area (Å²) in [5.74, 6) is -2.12. The maximum absolute atomic E-state index is 13.8. The Morgan fingerprint density at radius 2 is 2.23 bits per heavy atom. The number of nitrogens with two attached hydrogens (primary N) is 1. The lowest BCUT2D eigenvalue weighted by molar-refractivity contribution is -0.140. The van der Waals surface area contributed by atoms with E-state index < -0.39 is 23.2 Å². The van der Waals surface area contributed by atoms with Gasteiger partial charge in [0.15, 0.2) is 17.2 Å². The number of amides is 2. The van der Waals surface area contributed by atoms with Gasteiger partial charge in [-0.3, -0.25) is 9.59 Å². The lowest BCUT2D eigenvalue weighted by Gasteiger charge is -2.37. The van der Waals surface area contributed by atoms with Crippen LogP contribution in [0.15, 0.2) is 18.2 Å². The zero-order valence-corrected chi connectivity index (χ0v) is 12.3. The van der Waals surface area contributed by atoms with Crippen molar-refractivity contribution in [2.24, 2.45) is 5.73 Å². The van der Waals surface area contributed by atoms with E-state index in [2.05, 4.69) is 0 Å². The van der Waals surface area contributed by atoms with E-state index in [0.29, 0.717) is 13.0 Å². The van der Waals surface area contributed by atoms with Crippen LogP contribution in [-0.4, -0.2) is 47.1 Å². The van der Waals surface area contributed by atoms with E-state index in [4.69, 9.17) is 10.5 Å². The van der Waals surface area contributed by atoms with Crippen molar-refractivity contribution in [2.45, 2.75) is 25.4 Å². The largest absolute Gasteiger partial charge is 0.490 e. The van der Waals surface area contributed by atoms with Crippen LogP contribution in [0.2, 0.25) is 0 Å². The minimum atomic E-state index is -1.74. The Kier molecular flexibility index (Phi) is 4.65. The van der Waals surface area contributed by atoms with Gasteiger partial charge in [-0.2, -0.15) is 0 Å². The molecular formula is C15H19FN2O4. The zero-order chi connectivity index (χ0) is 16.3. The van der Waals surface area contributed by atoms with Crippen molar-refractivity contribution in [1.29, 1.82) is 0 Å². The molecule has 0 spiro atoms. The average molecular weight is 310 g/mol. The van der Waals surface area contributed by atoms with Crippen LogP contribution in [0.3, 0.4) is 0 Å². The van der Waals surface area contributed by atoms with Crippen LogP contribution in [0.25, 0.3) is 0 Å². The summed E-state index contributed by atoms with van der Waals surface area (Å²) >= 11 is 0. The lowest BCUT2D eigenvalue weighted by atomic mass is 9.91. The van der Waals surface area contributed by atoms with Gasteiger partial charge in [0.05, 0.1) is 18.7 Å². The number of hydrogen-bond donors (Lipinski definition) is 2. The summed E-state index contributed by atoms with van der Waals surface area (Å²) in [4.78, 5) is 25.2. The van der Waals surface area contributed by atoms with Crippen molar-refractivity contribution >= 4 is 11.8 Å². The third-order valence-corrected chi connectivity index (χ3v) is 3.70. The monoisotopic (exact) mass is 310 g/mol. The van der Waals surface area contributed by atoms with Gasteiger partial charge in [0, 0.05) is 6.54 Å². The Morgan fingerprint density at radius 1 is 1.50 bits per heavy atom. The summed E-state index contributed by atoms with van der Waals surface area (Å²) in [6.45, 7) is 2.06. The molecule has 1 aromatic carbocycles. The van der Waals surface area contributed by atoms with Gasteiger partial charge in [-0.1, -0.05) is 6.07 Å². The van der Waals surface area contributed by atoms with Crippen LogP contribution in [0, 0.1) is 5.82 Å². The van der Waals surface area contributed by atoms with E-state index in [9.17, 15) is 19.1 Å². The van der Waals surface area contributed by atoms with Crippen LogP contribution in [0.4, 0.5) is 4.39 Å². The summed E-state index contributed by atoms with van der Waals surface area (Å²) in [6.07, 6.45) is 0.637. The smallest absolute Gasteiger partial charge is 0.257 e. The normalized spacial score (nSPS) is 21.5. The van der Waals surface area contributed by atoms with Crippen LogP contribution >= 0.6 is 0 Å². The predicted octanol–water partition coefficient (Wildman–Crippen LogP) is 0.677. The van der Waals surface area contributed by atoms with Crippen molar-refractivity contribution < 1.29 is 23.8 Å². The minimum Gasteiger partial charge on any atom is -0.490 e. The number of carbonyl (C=O) groups excluding carboxylic acids is 2. The van der Waals surface area contributed by atoms with Crippen LogP contribution in [0.5, 0.6) is 5.75 Å². The third kappa shape index (κ3) is 3.04. The first-order chi connectivity index (χ1) is 10.4. The molecule has 1 aliphatic heterocycles. The van der Waals surface area contributed by atoms with Gasteiger partial charge in [-0.15, -0.1) is 0 Å². The molecule has 3 N–H and O–H groups in total. The highest BCUT2D eigenvalue weighted by molar-refractivity contribution is 5.97. The first kappa shape index (κ1) is 16.2.